The molecule has 0 bridgehead atoms. The molecule has 0 heterocycles. The van der Waals surface area contributed by atoms with E-state index in [9.17, 15) is 4.79 Å². The molecule has 0 aliphatic heterocycles. The van der Waals surface area contributed by atoms with Crippen molar-refractivity contribution in [1.29, 1.82) is 0 Å². The maximum absolute atomic E-state index is 11.7. The third-order valence-corrected chi connectivity index (χ3v) is 3.07. The van der Waals surface area contributed by atoms with Crippen LogP contribution >= 0.6 is 0 Å². The van der Waals surface area contributed by atoms with Crippen molar-refractivity contribution in [1.82, 2.24) is 5.32 Å². The predicted molar refractivity (Wildman–Crippen MR) is 79.9 cm³/mol. The van der Waals surface area contributed by atoms with E-state index in [0.717, 1.165) is 19.4 Å². The number of hydrogen-bond donors (Lipinski definition) is 1. The van der Waals surface area contributed by atoms with E-state index < -0.39 is 0 Å². The standard InChI is InChI=1S/C16H33NO/c1-15(2,3)14(18)12-10-8-7-9-11-13-17-16(4,5)6/h17H,7-13H2,1-6H3. The zero-order valence-corrected chi connectivity index (χ0v) is 13.4. The maximum Gasteiger partial charge on any atom is 0.138 e. The van der Waals surface area contributed by atoms with Crippen molar-refractivity contribution < 1.29 is 4.79 Å². The number of hydrogen-bond acceptors (Lipinski definition) is 2. The molecule has 0 spiro atoms. The molecule has 18 heavy (non-hydrogen) atoms. The number of ketones is 1. The lowest BCUT2D eigenvalue weighted by Crippen LogP contribution is -2.36. The SMILES string of the molecule is CC(C)(C)NCCCCCCCC(=O)C(C)(C)C. The van der Waals surface area contributed by atoms with Crippen LogP contribution in [0.4, 0.5) is 0 Å². The summed E-state index contributed by atoms with van der Waals surface area (Å²) in [6.45, 7) is 13.7. The molecule has 0 atom stereocenters. The normalized spacial score (nSPS) is 12.8. The van der Waals surface area contributed by atoms with Gasteiger partial charge in [-0.3, -0.25) is 4.79 Å². The maximum atomic E-state index is 11.7. The Kier molecular flexibility index (Phi) is 7.77. The van der Waals surface area contributed by atoms with Gasteiger partial charge in [0.15, 0.2) is 0 Å². The first-order valence-corrected chi connectivity index (χ1v) is 7.41. The molecule has 0 amide bonds. The molecule has 0 aromatic heterocycles. The van der Waals surface area contributed by atoms with E-state index in [1.807, 2.05) is 20.8 Å². The van der Waals surface area contributed by atoms with Gasteiger partial charge in [0, 0.05) is 17.4 Å². The molecule has 2 nitrogen and oxygen atoms in total. The van der Waals surface area contributed by atoms with Crippen molar-refractivity contribution >= 4 is 5.78 Å². The fraction of sp³-hybridized carbons (Fsp3) is 0.938. The van der Waals surface area contributed by atoms with Crippen molar-refractivity contribution in [3.8, 4) is 0 Å². The van der Waals surface area contributed by atoms with Crippen LogP contribution in [0.15, 0.2) is 0 Å². The summed E-state index contributed by atoms with van der Waals surface area (Å²) < 4.78 is 0. The van der Waals surface area contributed by atoms with Gasteiger partial charge in [-0.05, 0) is 40.2 Å². The van der Waals surface area contributed by atoms with Crippen molar-refractivity contribution in [3.05, 3.63) is 0 Å². The van der Waals surface area contributed by atoms with Crippen LogP contribution in [0.1, 0.15) is 80.1 Å². The van der Waals surface area contributed by atoms with Crippen LogP contribution in [0.5, 0.6) is 0 Å². The van der Waals surface area contributed by atoms with Gasteiger partial charge in [0.05, 0.1) is 0 Å². The highest BCUT2D eigenvalue weighted by Gasteiger charge is 2.19. The van der Waals surface area contributed by atoms with E-state index in [4.69, 9.17) is 0 Å². The Morgan fingerprint density at radius 1 is 0.833 bits per heavy atom. The molecule has 0 saturated heterocycles. The Morgan fingerprint density at radius 3 is 1.83 bits per heavy atom. The van der Waals surface area contributed by atoms with Gasteiger partial charge in [-0.25, -0.2) is 0 Å². The number of unbranched alkanes of at least 4 members (excludes halogenated alkanes) is 4. The molecular weight excluding hydrogens is 222 g/mol. The second-order valence-electron chi connectivity index (χ2n) is 7.37. The second kappa shape index (κ2) is 7.93. The minimum Gasteiger partial charge on any atom is -0.312 e. The van der Waals surface area contributed by atoms with E-state index in [-0.39, 0.29) is 11.0 Å². The van der Waals surface area contributed by atoms with Gasteiger partial charge in [0.1, 0.15) is 5.78 Å². The van der Waals surface area contributed by atoms with Gasteiger partial charge in [-0.2, -0.15) is 0 Å². The largest absolute Gasteiger partial charge is 0.312 e. The number of rotatable bonds is 8. The van der Waals surface area contributed by atoms with Gasteiger partial charge < -0.3 is 5.32 Å². The predicted octanol–water partition coefficient (Wildman–Crippen LogP) is 4.33. The third kappa shape index (κ3) is 10.8. The summed E-state index contributed by atoms with van der Waals surface area (Å²) in [4.78, 5) is 11.7. The monoisotopic (exact) mass is 255 g/mol. The average molecular weight is 255 g/mol. The molecule has 0 radical (unpaired) electrons. The summed E-state index contributed by atoms with van der Waals surface area (Å²) in [6.07, 6.45) is 6.77. The average Bonchev–Trinajstić information content (AvgIpc) is 2.18. The highest BCUT2D eigenvalue weighted by atomic mass is 16.1. The van der Waals surface area contributed by atoms with Gasteiger partial charge in [0.2, 0.25) is 0 Å². The first kappa shape index (κ1) is 17.6. The lowest BCUT2D eigenvalue weighted by molar-refractivity contribution is -0.126. The molecule has 2 heteroatoms. The highest BCUT2D eigenvalue weighted by molar-refractivity contribution is 5.83. The molecule has 0 aromatic carbocycles. The Morgan fingerprint density at radius 2 is 1.33 bits per heavy atom. The third-order valence-electron chi connectivity index (χ3n) is 3.07. The molecule has 0 saturated carbocycles. The van der Waals surface area contributed by atoms with Crippen LogP contribution in [0, 0.1) is 5.41 Å². The number of carbonyl (C=O) groups is 1. The van der Waals surface area contributed by atoms with Crippen LogP contribution < -0.4 is 5.32 Å². The molecule has 0 aromatic rings. The van der Waals surface area contributed by atoms with Crippen molar-refractivity contribution in [2.75, 3.05) is 6.54 Å². The zero-order valence-electron chi connectivity index (χ0n) is 13.4. The van der Waals surface area contributed by atoms with E-state index >= 15 is 0 Å². The molecule has 0 aliphatic rings. The van der Waals surface area contributed by atoms with E-state index in [0.29, 0.717) is 5.78 Å². The lowest BCUT2D eigenvalue weighted by atomic mass is 9.88. The van der Waals surface area contributed by atoms with E-state index in [2.05, 4.69) is 26.1 Å². The summed E-state index contributed by atoms with van der Waals surface area (Å²) in [5, 5.41) is 3.50. The first-order chi connectivity index (χ1) is 8.13. The van der Waals surface area contributed by atoms with Gasteiger partial charge in [-0.1, -0.05) is 40.0 Å². The molecule has 0 fully saturated rings. The van der Waals surface area contributed by atoms with Crippen molar-refractivity contribution in [2.45, 2.75) is 85.6 Å². The van der Waals surface area contributed by atoms with Crippen LogP contribution in [-0.2, 0) is 4.79 Å². The number of nitrogens with one attached hydrogen (secondary N) is 1. The summed E-state index contributed by atoms with van der Waals surface area (Å²) in [5.41, 5.74) is 0.0791. The summed E-state index contributed by atoms with van der Waals surface area (Å²) in [6, 6.07) is 0. The van der Waals surface area contributed by atoms with Crippen LogP contribution in [0.2, 0.25) is 0 Å². The Labute approximate surface area is 114 Å². The van der Waals surface area contributed by atoms with Crippen LogP contribution in [0.3, 0.4) is 0 Å². The first-order valence-electron chi connectivity index (χ1n) is 7.41. The van der Waals surface area contributed by atoms with Gasteiger partial charge >= 0.3 is 0 Å². The molecule has 0 unspecified atom stereocenters. The summed E-state index contributed by atoms with van der Waals surface area (Å²) in [7, 11) is 0. The van der Waals surface area contributed by atoms with Crippen LogP contribution in [-0.4, -0.2) is 17.9 Å². The number of carbonyl (C=O) groups excluding carboxylic acids is 1. The second-order valence-corrected chi connectivity index (χ2v) is 7.37. The Balaban J connectivity index is 3.35. The molecule has 108 valence electrons. The fourth-order valence-corrected chi connectivity index (χ4v) is 1.78. The highest BCUT2D eigenvalue weighted by Crippen LogP contribution is 2.18. The minimum atomic E-state index is -0.156. The Hall–Kier alpha value is -0.370. The smallest absolute Gasteiger partial charge is 0.138 e. The summed E-state index contributed by atoms with van der Waals surface area (Å²) in [5.74, 6) is 0.400. The Bertz CT molecular complexity index is 232. The fourth-order valence-electron chi connectivity index (χ4n) is 1.78. The van der Waals surface area contributed by atoms with E-state index in [1.54, 1.807) is 0 Å². The lowest BCUT2D eigenvalue weighted by Gasteiger charge is -2.20. The van der Waals surface area contributed by atoms with E-state index in [1.165, 1.54) is 25.7 Å². The van der Waals surface area contributed by atoms with Crippen LogP contribution in [0.25, 0.3) is 0 Å². The zero-order chi connectivity index (χ0) is 14.2. The van der Waals surface area contributed by atoms with Gasteiger partial charge in [-0.15, -0.1) is 0 Å². The summed E-state index contributed by atoms with van der Waals surface area (Å²) >= 11 is 0. The molecular formula is C16H33NO. The van der Waals surface area contributed by atoms with Crippen molar-refractivity contribution in [2.24, 2.45) is 5.41 Å². The topological polar surface area (TPSA) is 29.1 Å². The van der Waals surface area contributed by atoms with Crippen molar-refractivity contribution in [3.63, 3.8) is 0 Å². The molecule has 0 rings (SSSR count). The van der Waals surface area contributed by atoms with Gasteiger partial charge in [0.25, 0.3) is 0 Å². The quantitative estimate of drug-likeness (QED) is 0.654. The molecule has 0 aliphatic carbocycles. The minimum absolute atomic E-state index is 0.156. The molecule has 1 N–H and O–H groups in total. The number of Topliss-reactive ketones (excluding diaryl/α,β-unsaturated/α-hetero) is 1.